The zero-order chi connectivity index (χ0) is 11.5. The molecule has 0 saturated heterocycles. The second kappa shape index (κ2) is 4.46. The van der Waals surface area contributed by atoms with Crippen LogP contribution in [0.5, 0.6) is 0 Å². The molecule has 1 rings (SSSR count). The second-order valence-electron chi connectivity index (χ2n) is 3.08. The normalized spacial score (nSPS) is 19.1. The fraction of sp³-hybridized carbons (Fsp3) is 0.500. The quantitative estimate of drug-likeness (QED) is 0.559. The Balaban J connectivity index is 2.93. The molecular weight excluding hydrogens is 200 g/mol. The fourth-order valence-corrected chi connectivity index (χ4v) is 1.35. The maximum absolute atomic E-state index is 11.2. The van der Waals surface area contributed by atoms with Gasteiger partial charge in [-0.3, -0.25) is 0 Å². The Kier molecular flexibility index (Phi) is 3.49. The van der Waals surface area contributed by atoms with Crippen molar-refractivity contribution in [3.63, 3.8) is 0 Å². The van der Waals surface area contributed by atoms with Crippen LogP contribution >= 0.6 is 0 Å². The standard InChI is InChI=1S/C10H14O5/c1-13-9(12)7-4-5-10(14-2,15-3)6-8(7)11/h4-5,11H,6H2,1-3H3. The van der Waals surface area contributed by atoms with Gasteiger partial charge in [0, 0.05) is 14.2 Å². The number of methoxy groups -OCH3 is 3. The van der Waals surface area contributed by atoms with Crippen molar-refractivity contribution in [2.24, 2.45) is 0 Å². The van der Waals surface area contributed by atoms with Crippen LogP contribution in [-0.2, 0) is 19.0 Å². The molecule has 1 aliphatic rings. The van der Waals surface area contributed by atoms with Gasteiger partial charge < -0.3 is 19.3 Å². The monoisotopic (exact) mass is 214 g/mol. The molecule has 0 aromatic heterocycles. The summed E-state index contributed by atoms with van der Waals surface area (Å²) in [6.45, 7) is 0. The summed E-state index contributed by atoms with van der Waals surface area (Å²) in [6.07, 6.45) is 3.08. The number of esters is 1. The lowest BCUT2D eigenvalue weighted by Gasteiger charge is -2.30. The van der Waals surface area contributed by atoms with E-state index in [1.807, 2.05) is 0 Å². The smallest absolute Gasteiger partial charge is 0.341 e. The average molecular weight is 214 g/mol. The highest BCUT2D eigenvalue weighted by Crippen LogP contribution is 2.29. The summed E-state index contributed by atoms with van der Waals surface area (Å²) < 4.78 is 14.7. The Morgan fingerprint density at radius 2 is 2.00 bits per heavy atom. The van der Waals surface area contributed by atoms with Crippen LogP contribution in [0.4, 0.5) is 0 Å². The van der Waals surface area contributed by atoms with E-state index in [0.29, 0.717) is 0 Å². The van der Waals surface area contributed by atoms with E-state index in [0.717, 1.165) is 0 Å². The highest BCUT2D eigenvalue weighted by Gasteiger charge is 2.33. The minimum atomic E-state index is -0.998. The number of carbonyl (C=O) groups excluding carboxylic acids is 1. The van der Waals surface area contributed by atoms with Gasteiger partial charge in [0.15, 0.2) is 5.79 Å². The summed E-state index contributed by atoms with van der Waals surface area (Å²) in [5.74, 6) is -1.68. The molecule has 5 heteroatoms. The van der Waals surface area contributed by atoms with Gasteiger partial charge in [-0.05, 0) is 12.2 Å². The summed E-state index contributed by atoms with van der Waals surface area (Å²) in [7, 11) is 4.18. The molecule has 0 aromatic carbocycles. The number of carbonyl (C=O) groups is 1. The Morgan fingerprint density at radius 1 is 1.40 bits per heavy atom. The van der Waals surface area contributed by atoms with Crippen LogP contribution in [0.1, 0.15) is 6.42 Å². The van der Waals surface area contributed by atoms with Crippen LogP contribution in [0.3, 0.4) is 0 Å². The lowest BCUT2D eigenvalue weighted by Crippen LogP contribution is -2.34. The molecule has 0 bridgehead atoms. The molecule has 0 amide bonds. The predicted molar refractivity (Wildman–Crippen MR) is 52.2 cm³/mol. The zero-order valence-electron chi connectivity index (χ0n) is 8.94. The first-order valence-corrected chi connectivity index (χ1v) is 4.38. The van der Waals surface area contributed by atoms with Crippen molar-refractivity contribution < 1.29 is 24.1 Å². The van der Waals surface area contributed by atoms with E-state index >= 15 is 0 Å². The maximum atomic E-state index is 11.2. The van der Waals surface area contributed by atoms with Gasteiger partial charge in [0.25, 0.3) is 0 Å². The highest BCUT2D eigenvalue weighted by atomic mass is 16.7. The molecule has 0 atom stereocenters. The molecule has 0 unspecified atom stereocenters. The number of hydrogen-bond acceptors (Lipinski definition) is 5. The van der Waals surface area contributed by atoms with E-state index in [2.05, 4.69) is 4.74 Å². The minimum Gasteiger partial charge on any atom is -0.511 e. The molecule has 1 N–H and O–H groups in total. The van der Waals surface area contributed by atoms with Crippen LogP contribution < -0.4 is 0 Å². The third-order valence-electron chi connectivity index (χ3n) is 2.33. The lowest BCUT2D eigenvalue weighted by molar-refractivity contribution is -0.173. The van der Waals surface area contributed by atoms with Crippen molar-refractivity contribution in [3.8, 4) is 0 Å². The van der Waals surface area contributed by atoms with Gasteiger partial charge in [0.05, 0.1) is 19.1 Å². The lowest BCUT2D eigenvalue weighted by atomic mass is 10.00. The molecule has 0 heterocycles. The maximum Gasteiger partial charge on any atom is 0.341 e. The average Bonchev–Trinajstić information content (AvgIpc) is 2.27. The molecule has 0 saturated carbocycles. The summed E-state index contributed by atoms with van der Waals surface area (Å²) in [5.41, 5.74) is 0.127. The van der Waals surface area contributed by atoms with E-state index in [4.69, 9.17) is 9.47 Å². The van der Waals surface area contributed by atoms with Gasteiger partial charge in [-0.2, -0.15) is 0 Å². The van der Waals surface area contributed by atoms with E-state index in [9.17, 15) is 9.90 Å². The number of aliphatic hydroxyl groups excluding tert-OH is 1. The molecule has 5 nitrogen and oxygen atoms in total. The van der Waals surface area contributed by atoms with Crippen molar-refractivity contribution in [2.75, 3.05) is 21.3 Å². The van der Waals surface area contributed by atoms with Crippen molar-refractivity contribution in [3.05, 3.63) is 23.5 Å². The van der Waals surface area contributed by atoms with Crippen molar-refractivity contribution >= 4 is 5.97 Å². The molecule has 1 aliphatic carbocycles. The molecule has 0 aliphatic heterocycles. The van der Waals surface area contributed by atoms with Crippen LogP contribution in [0.25, 0.3) is 0 Å². The molecule has 84 valence electrons. The van der Waals surface area contributed by atoms with Gasteiger partial charge in [-0.25, -0.2) is 4.79 Å². The van der Waals surface area contributed by atoms with E-state index in [1.165, 1.54) is 27.4 Å². The predicted octanol–water partition coefficient (Wildman–Crippen LogP) is 0.920. The largest absolute Gasteiger partial charge is 0.511 e. The van der Waals surface area contributed by atoms with Gasteiger partial charge >= 0.3 is 5.97 Å². The topological polar surface area (TPSA) is 65.0 Å². The number of ether oxygens (including phenoxy) is 3. The van der Waals surface area contributed by atoms with Gasteiger partial charge in [0.1, 0.15) is 5.76 Å². The number of hydrogen-bond donors (Lipinski definition) is 1. The Hall–Kier alpha value is -1.33. The zero-order valence-corrected chi connectivity index (χ0v) is 8.94. The van der Waals surface area contributed by atoms with Crippen molar-refractivity contribution in [2.45, 2.75) is 12.2 Å². The van der Waals surface area contributed by atoms with Gasteiger partial charge in [-0.1, -0.05) is 0 Å². The summed E-state index contributed by atoms with van der Waals surface area (Å²) in [6, 6.07) is 0. The van der Waals surface area contributed by atoms with E-state index in [-0.39, 0.29) is 17.8 Å². The van der Waals surface area contributed by atoms with Crippen molar-refractivity contribution in [1.82, 2.24) is 0 Å². The molecule has 0 radical (unpaired) electrons. The summed E-state index contributed by atoms with van der Waals surface area (Å²) in [4.78, 5) is 11.2. The third-order valence-corrected chi connectivity index (χ3v) is 2.33. The van der Waals surface area contributed by atoms with Crippen LogP contribution in [0, 0.1) is 0 Å². The summed E-state index contributed by atoms with van der Waals surface area (Å²) >= 11 is 0. The molecule has 0 fully saturated rings. The van der Waals surface area contributed by atoms with Crippen LogP contribution in [0.15, 0.2) is 23.5 Å². The molecule has 15 heavy (non-hydrogen) atoms. The van der Waals surface area contributed by atoms with Gasteiger partial charge in [-0.15, -0.1) is 0 Å². The molecular formula is C10H14O5. The first-order chi connectivity index (χ1) is 7.08. The van der Waals surface area contributed by atoms with Crippen LogP contribution in [0.2, 0.25) is 0 Å². The summed E-state index contributed by atoms with van der Waals surface area (Å²) in [5, 5.41) is 9.64. The van der Waals surface area contributed by atoms with Crippen LogP contribution in [-0.4, -0.2) is 38.2 Å². The fourth-order valence-electron chi connectivity index (χ4n) is 1.35. The van der Waals surface area contributed by atoms with Crippen molar-refractivity contribution in [1.29, 1.82) is 0 Å². The van der Waals surface area contributed by atoms with Gasteiger partial charge in [0.2, 0.25) is 0 Å². The SMILES string of the molecule is COC(=O)C1=C(O)CC(OC)(OC)C=C1. The molecule has 0 aromatic rings. The van der Waals surface area contributed by atoms with E-state index in [1.54, 1.807) is 6.08 Å². The minimum absolute atomic E-state index is 0.0843. The highest BCUT2D eigenvalue weighted by molar-refractivity contribution is 5.92. The Bertz CT molecular complexity index is 312. The second-order valence-corrected chi connectivity index (χ2v) is 3.08. The first-order valence-electron chi connectivity index (χ1n) is 4.38. The molecule has 0 spiro atoms. The van der Waals surface area contributed by atoms with E-state index < -0.39 is 11.8 Å². The number of rotatable bonds is 3. The number of aliphatic hydroxyl groups is 1. The third kappa shape index (κ3) is 2.19. The Morgan fingerprint density at radius 3 is 2.40 bits per heavy atom. The first kappa shape index (κ1) is 11.7. The Labute approximate surface area is 87.9 Å².